The summed E-state index contributed by atoms with van der Waals surface area (Å²) < 4.78 is 13.6. The third kappa shape index (κ3) is 4.28. The fourth-order valence-electron chi connectivity index (χ4n) is 3.12. The molecule has 2 aromatic rings. The summed E-state index contributed by atoms with van der Waals surface area (Å²) in [5.41, 5.74) is -0.0729. The Labute approximate surface area is 154 Å². The fraction of sp³-hybridized carbons (Fsp3) is 0.263. The van der Waals surface area contributed by atoms with Gasteiger partial charge in [0.2, 0.25) is 5.91 Å². The summed E-state index contributed by atoms with van der Waals surface area (Å²) in [7, 11) is 0. The van der Waals surface area contributed by atoms with E-state index in [1.54, 1.807) is 29.2 Å². The summed E-state index contributed by atoms with van der Waals surface area (Å²) in [5, 5.41) is 13.9. The number of benzene rings is 2. The highest BCUT2D eigenvalue weighted by Crippen LogP contribution is 2.23. The number of hydrogen-bond acceptors (Lipinski definition) is 4. The number of nitrogens with one attached hydrogen (secondary N) is 1. The molecular weight excluding hydrogens is 353 g/mol. The maximum absolute atomic E-state index is 13.6. The molecule has 1 atom stereocenters. The molecular formula is C19H18FN3O4. The molecule has 140 valence electrons. The van der Waals surface area contributed by atoms with Crippen LogP contribution in [0.4, 0.5) is 10.1 Å². The van der Waals surface area contributed by atoms with Crippen molar-refractivity contribution in [2.24, 2.45) is 0 Å². The Morgan fingerprint density at radius 3 is 2.63 bits per heavy atom. The first-order valence-electron chi connectivity index (χ1n) is 8.53. The molecule has 0 saturated carbocycles. The minimum atomic E-state index is -0.762. The molecule has 27 heavy (non-hydrogen) atoms. The van der Waals surface area contributed by atoms with Gasteiger partial charge in [-0.1, -0.05) is 30.3 Å². The molecule has 0 unspecified atom stereocenters. The standard InChI is InChI=1S/C19H18FN3O4/c20-14-8-9-17(23(26)27)15(11-14)19(25)21-16(13-5-2-1-3-6-13)12-22-10-4-7-18(22)24/h1-3,5-6,8-9,11,16H,4,7,10,12H2,(H,21,25)/t16-/m0/s1. The second kappa shape index (κ2) is 7.94. The van der Waals surface area contributed by atoms with Crippen LogP contribution in [0.3, 0.4) is 0 Å². The van der Waals surface area contributed by atoms with Crippen molar-refractivity contribution in [3.63, 3.8) is 0 Å². The molecule has 0 spiro atoms. The first-order chi connectivity index (χ1) is 13.0. The van der Waals surface area contributed by atoms with Crippen LogP contribution in [0.2, 0.25) is 0 Å². The molecule has 0 radical (unpaired) electrons. The fourth-order valence-corrected chi connectivity index (χ4v) is 3.12. The number of nitrogens with zero attached hydrogens (tertiary/aromatic N) is 2. The number of carbonyl (C=O) groups is 2. The Kier molecular flexibility index (Phi) is 5.44. The van der Waals surface area contributed by atoms with Crippen molar-refractivity contribution < 1.29 is 18.9 Å². The van der Waals surface area contributed by atoms with Gasteiger partial charge >= 0.3 is 0 Å². The van der Waals surface area contributed by atoms with Gasteiger partial charge < -0.3 is 10.2 Å². The molecule has 1 aliphatic rings. The molecule has 3 rings (SSSR count). The largest absolute Gasteiger partial charge is 0.343 e. The van der Waals surface area contributed by atoms with Crippen molar-refractivity contribution in [3.05, 3.63) is 75.6 Å². The molecule has 1 fully saturated rings. The van der Waals surface area contributed by atoms with Gasteiger partial charge in [0.05, 0.1) is 11.0 Å². The Balaban J connectivity index is 1.88. The maximum atomic E-state index is 13.6. The zero-order valence-electron chi connectivity index (χ0n) is 14.4. The van der Waals surface area contributed by atoms with Gasteiger partial charge in [-0.3, -0.25) is 19.7 Å². The molecule has 0 aromatic heterocycles. The average molecular weight is 371 g/mol. The lowest BCUT2D eigenvalue weighted by molar-refractivity contribution is -0.385. The highest BCUT2D eigenvalue weighted by atomic mass is 19.1. The van der Waals surface area contributed by atoms with Gasteiger partial charge in [-0.25, -0.2) is 4.39 Å². The van der Waals surface area contributed by atoms with Gasteiger partial charge in [-0.05, 0) is 24.1 Å². The van der Waals surface area contributed by atoms with Gasteiger partial charge in [-0.15, -0.1) is 0 Å². The van der Waals surface area contributed by atoms with Crippen molar-refractivity contribution in [2.75, 3.05) is 13.1 Å². The van der Waals surface area contributed by atoms with E-state index < -0.39 is 28.4 Å². The van der Waals surface area contributed by atoms with Crippen LogP contribution in [0, 0.1) is 15.9 Å². The zero-order chi connectivity index (χ0) is 19.4. The predicted octanol–water partition coefficient (Wildman–Crippen LogP) is 2.83. The normalized spacial score (nSPS) is 14.9. The predicted molar refractivity (Wildman–Crippen MR) is 95.5 cm³/mol. The number of halogens is 1. The van der Waals surface area contributed by atoms with Crippen LogP contribution in [-0.2, 0) is 4.79 Å². The van der Waals surface area contributed by atoms with E-state index >= 15 is 0 Å². The molecule has 2 aromatic carbocycles. The SMILES string of the molecule is O=C(N[C@@H](CN1CCCC1=O)c1ccccc1)c1cc(F)ccc1[N+](=O)[O-]. The number of hydrogen-bond donors (Lipinski definition) is 1. The van der Waals surface area contributed by atoms with E-state index in [9.17, 15) is 24.1 Å². The first-order valence-corrected chi connectivity index (χ1v) is 8.53. The van der Waals surface area contributed by atoms with Crippen molar-refractivity contribution in [3.8, 4) is 0 Å². The van der Waals surface area contributed by atoms with E-state index in [2.05, 4.69) is 5.32 Å². The molecule has 1 aliphatic heterocycles. The number of amides is 2. The quantitative estimate of drug-likeness (QED) is 0.624. The summed E-state index contributed by atoms with van der Waals surface area (Å²) >= 11 is 0. The third-order valence-corrected chi connectivity index (χ3v) is 4.48. The lowest BCUT2D eigenvalue weighted by Gasteiger charge is -2.25. The summed E-state index contributed by atoms with van der Waals surface area (Å²) in [5.74, 6) is -1.50. The maximum Gasteiger partial charge on any atom is 0.282 e. The summed E-state index contributed by atoms with van der Waals surface area (Å²) in [6, 6.07) is 11.2. The molecule has 7 nitrogen and oxygen atoms in total. The van der Waals surface area contributed by atoms with Gasteiger partial charge in [0, 0.05) is 25.6 Å². The number of carbonyl (C=O) groups excluding carboxylic acids is 2. The number of nitro groups is 1. The van der Waals surface area contributed by atoms with Gasteiger partial charge in [0.1, 0.15) is 11.4 Å². The van der Waals surface area contributed by atoms with Crippen molar-refractivity contribution in [2.45, 2.75) is 18.9 Å². The number of nitro benzene ring substituents is 1. The van der Waals surface area contributed by atoms with Crippen LogP contribution in [-0.4, -0.2) is 34.7 Å². The lowest BCUT2D eigenvalue weighted by atomic mass is 10.0. The molecule has 0 aliphatic carbocycles. The summed E-state index contributed by atoms with van der Waals surface area (Å²) in [6.45, 7) is 0.843. The highest BCUT2D eigenvalue weighted by Gasteiger charge is 2.28. The van der Waals surface area contributed by atoms with E-state index in [4.69, 9.17) is 0 Å². The Bertz CT molecular complexity index is 873. The Morgan fingerprint density at radius 1 is 1.26 bits per heavy atom. The number of likely N-dealkylation sites (tertiary alicyclic amines) is 1. The highest BCUT2D eigenvalue weighted by molar-refractivity contribution is 5.98. The smallest absolute Gasteiger partial charge is 0.282 e. The van der Waals surface area contributed by atoms with E-state index in [0.717, 1.165) is 30.2 Å². The molecule has 1 saturated heterocycles. The second-order valence-corrected chi connectivity index (χ2v) is 6.30. The zero-order valence-corrected chi connectivity index (χ0v) is 14.4. The topological polar surface area (TPSA) is 92.6 Å². The van der Waals surface area contributed by atoms with E-state index in [0.29, 0.717) is 13.0 Å². The third-order valence-electron chi connectivity index (χ3n) is 4.48. The molecule has 8 heteroatoms. The monoisotopic (exact) mass is 371 g/mol. The number of rotatable bonds is 6. The molecule has 1 heterocycles. The van der Waals surface area contributed by atoms with E-state index in [-0.39, 0.29) is 18.0 Å². The van der Waals surface area contributed by atoms with Crippen LogP contribution in [0.25, 0.3) is 0 Å². The summed E-state index contributed by atoms with van der Waals surface area (Å²) in [6.07, 6.45) is 1.22. The second-order valence-electron chi connectivity index (χ2n) is 6.30. The molecule has 2 amide bonds. The minimum Gasteiger partial charge on any atom is -0.343 e. The average Bonchev–Trinajstić information content (AvgIpc) is 3.06. The van der Waals surface area contributed by atoms with Gasteiger partial charge in [0.25, 0.3) is 11.6 Å². The van der Waals surface area contributed by atoms with Crippen molar-refractivity contribution in [1.29, 1.82) is 0 Å². The van der Waals surface area contributed by atoms with Crippen LogP contribution >= 0.6 is 0 Å². The Morgan fingerprint density at radius 2 is 2.00 bits per heavy atom. The van der Waals surface area contributed by atoms with E-state index in [1.165, 1.54) is 0 Å². The minimum absolute atomic E-state index is 0.00177. The van der Waals surface area contributed by atoms with Crippen molar-refractivity contribution >= 4 is 17.5 Å². The molecule has 1 N–H and O–H groups in total. The summed E-state index contributed by atoms with van der Waals surface area (Å²) in [4.78, 5) is 36.7. The van der Waals surface area contributed by atoms with Gasteiger partial charge in [0.15, 0.2) is 0 Å². The van der Waals surface area contributed by atoms with Crippen LogP contribution in [0.1, 0.15) is 34.8 Å². The van der Waals surface area contributed by atoms with Crippen molar-refractivity contribution in [1.82, 2.24) is 10.2 Å². The van der Waals surface area contributed by atoms with Crippen LogP contribution in [0.5, 0.6) is 0 Å². The van der Waals surface area contributed by atoms with Crippen LogP contribution < -0.4 is 5.32 Å². The van der Waals surface area contributed by atoms with Crippen LogP contribution in [0.15, 0.2) is 48.5 Å². The lowest BCUT2D eigenvalue weighted by Crippen LogP contribution is -2.38. The Hall–Kier alpha value is -3.29. The first kappa shape index (κ1) is 18.5. The van der Waals surface area contributed by atoms with Gasteiger partial charge in [-0.2, -0.15) is 0 Å². The van der Waals surface area contributed by atoms with E-state index in [1.807, 2.05) is 6.07 Å². The molecule has 0 bridgehead atoms.